The minimum absolute atomic E-state index is 0.232. The van der Waals surface area contributed by atoms with Gasteiger partial charge in [-0.15, -0.1) is 0 Å². The van der Waals surface area contributed by atoms with Gasteiger partial charge in [0, 0.05) is 13.1 Å². The van der Waals surface area contributed by atoms with E-state index in [1.807, 2.05) is 0 Å². The number of carbonyl (C=O) groups is 2. The molecule has 0 aliphatic heterocycles. The van der Waals surface area contributed by atoms with Crippen molar-refractivity contribution >= 4 is 20.1 Å². The van der Waals surface area contributed by atoms with E-state index in [1.165, 1.54) is 12.2 Å². The molecule has 0 unspecified atom stereocenters. The molecular formula is C15H28N2O3Si. The summed E-state index contributed by atoms with van der Waals surface area (Å²) in [6.45, 7) is 14.0. The first-order chi connectivity index (χ1) is 9.96. The highest BCUT2D eigenvalue weighted by Crippen LogP contribution is 2.23. The van der Waals surface area contributed by atoms with Crippen LogP contribution >= 0.6 is 0 Å². The molecule has 0 bridgehead atoms. The summed E-state index contributed by atoms with van der Waals surface area (Å²) in [4.78, 5) is 22.6. The normalized spacial score (nSPS) is 11.0. The minimum Gasteiger partial charge on any atom is -0.410 e. The fourth-order valence-electron chi connectivity index (χ4n) is 2.08. The Morgan fingerprint density at radius 2 is 1.38 bits per heavy atom. The van der Waals surface area contributed by atoms with Crippen molar-refractivity contribution in [2.45, 2.75) is 45.0 Å². The van der Waals surface area contributed by atoms with Gasteiger partial charge in [0.25, 0.3) is 0 Å². The summed E-state index contributed by atoms with van der Waals surface area (Å²) in [5.74, 6) is -0.481. The van der Waals surface area contributed by atoms with E-state index in [-0.39, 0.29) is 17.9 Å². The highest BCUT2D eigenvalue weighted by molar-refractivity contribution is 6.73. The highest BCUT2D eigenvalue weighted by Gasteiger charge is 2.32. The Hall–Kier alpha value is -1.40. The van der Waals surface area contributed by atoms with E-state index in [0.29, 0.717) is 13.1 Å². The van der Waals surface area contributed by atoms with E-state index in [1.54, 1.807) is 0 Å². The fourth-order valence-corrected chi connectivity index (χ4v) is 4.96. The summed E-state index contributed by atoms with van der Waals surface area (Å²) in [6.07, 6.45) is 2.22. The average Bonchev–Trinajstić information content (AvgIpc) is 2.53. The molecule has 21 heavy (non-hydrogen) atoms. The van der Waals surface area contributed by atoms with E-state index in [9.17, 15) is 9.59 Å². The third-order valence-corrected chi connectivity index (χ3v) is 8.43. The molecule has 120 valence electrons. The molecule has 0 radical (unpaired) electrons. The maximum absolute atomic E-state index is 11.3. The number of hydrogen-bond acceptors (Lipinski definition) is 3. The average molecular weight is 312 g/mol. The largest absolute Gasteiger partial charge is 0.410 e. The van der Waals surface area contributed by atoms with Crippen LogP contribution in [0.4, 0.5) is 0 Å². The molecule has 0 aliphatic carbocycles. The molecule has 0 atom stereocenters. The summed E-state index contributed by atoms with van der Waals surface area (Å²) < 4.78 is 6.32. The third-order valence-electron chi connectivity index (χ3n) is 3.73. The smallest absolute Gasteiger partial charge is 0.243 e. The quantitative estimate of drug-likeness (QED) is 0.453. The summed E-state index contributed by atoms with van der Waals surface area (Å²) in [6, 6.07) is 3.05. The van der Waals surface area contributed by atoms with Crippen LogP contribution in [-0.2, 0) is 14.0 Å². The van der Waals surface area contributed by atoms with Gasteiger partial charge in [-0.05, 0) is 30.3 Å². The van der Waals surface area contributed by atoms with Crippen LogP contribution in [0.25, 0.3) is 0 Å². The van der Waals surface area contributed by atoms with Gasteiger partial charge < -0.3 is 15.1 Å². The van der Waals surface area contributed by atoms with Crippen LogP contribution in [0.15, 0.2) is 25.3 Å². The predicted octanol–water partition coefficient (Wildman–Crippen LogP) is 1.98. The maximum atomic E-state index is 11.3. The van der Waals surface area contributed by atoms with Crippen LogP contribution in [0, 0.1) is 0 Å². The molecule has 0 spiro atoms. The second-order valence-electron chi connectivity index (χ2n) is 4.88. The van der Waals surface area contributed by atoms with Crippen molar-refractivity contribution in [1.29, 1.82) is 0 Å². The summed E-state index contributed by atoms with van der Waals surface area (Å²) >= 11 is 0. The Morgan fingerprint density at radius 3 is 1.67 bits per heavy atom. The van der Waals surface area contributed by atoms with Crippen molar-refractivity contribution in [2.24, 2.45) is 0 Å². The van der Waals surface area contributed by atoms with Crippen molar-refractivity contribution in [3.8, 4) is 0 Å². The molecule has 6 heteroatoms. The molecule has 0 saturated heterocycles. The lowest BCUT2D eigenvalue weighted by Gasteiger charge is -2.33. The Morgan fingerprint density at radius 1 is 1.00 bits per heavy atom. The van der Waals surface area contributed by atoms with Crippen molar-refractivity contribution in [2.75, 3.05) is 13.1 Å². The van der Waals surface area contributed by atoms with E-state index < -0.39 is 8.32 Å². The standard InChI is InChI=1S/C15H28N2O3Si/c1-6-14(18)16-11-13(12-17-15(19)7-2)20-21(8-3,9-4)10-5/h6-7,13H,1-2,8-12H2,3-5H3,(H,16,18)(H,17,19). The topological polar surface area (TPSA) is 67.4 Å². The van der Waals surface area contributed by atoms with Gasteiger partial charge in [-0.25, -0.2) is 0 Å². The van der Waals surface area contributed by atoms with Crippen LogP contribution in [-0.4, -0.2) is 39.3 Å². The van der Waals surface area contributed by atoms with Gasteiger partial charge in [0.05, 0.1) is 6.10 Å². The Kier molecular flexibility index (Phi) is 9.65. The van der Waals surface area contributed by atoms with Crippen LogP contribution in [0.1, 0.15) is 20.8 Å². The fraction of sp³-hybridized carbons (Fsp3) is 0.600. The van der Waals surface area contributed by atoms with E-state index in [2.05, 4.69) is 44.6 Å². The molecule has 0 aromatic rings. The zero-order valence-electron chi connectivity index (χ0n) is 13.4. The second-order valence-corrected chi connectivity index (χ2v) is 9.61. The number of nitrogens with one attached hydrogen (secondary N) is 2. The molecule has 5 nitrogen and oxygen atoms in total. The van der Waals surface area contributed by atoms with Gasteiger partial charge in [0.15, 0.2) is 8.32 Å². The van der Waals surface area contributed by atoms with Crippen molar-refractivity contribution < 1.29 is 14.0 Å². The monoisotopic (exact) mass is 312 g/mol. The molecule has 2 amide bonds. The molecule has 0 saturated carbocycles. The number of carbonyl (C=O) groups excluding carboxylic acids is 2. The minimum atomic E-state index is -1.80. The lowest BCUT2D eigenvalue weighted by atomic mass is 10.3. The Balaban J connectivity index is 4.75. The first-order valence-corrected chi connectivity index (χ1v) is 9.98. The van der Waals surface area contributed by atoms with E-state index >= 15 is 0 Å². The lowest BCUT2D eigenvalue weighted by Crippen LogP contribution is -2.48. The molecule has 0 rings (SSSR count). The zero-order chi connectivity index (χ0) is 16.3. The Labute approximate surface area is 129 Å². The van der Waals surface area contributed by atoms with Gasteiger partial charge in [0.1, 0.15) is 0 Å². The maximum Gasteiger partial charge on any atom is 0.243 e. The van der Waals surface area contributed by atoms with Crippen molar-refractivity contribution in [3.63, 3.8) is 0 Å². The molecule has 0 heterocycles. The summed E-state index contributed by atoms with van der Waals surface area (Å²) in [5.41, 5.74) is 0. The zero-order valence-corrected chi connectivity index (χ0v) is 14.4. The van der Waals surface area contributed by atoms with Crippen molar-refractivity contribution in [1.82, 2.24) is 10.6 Å². The highest BCUT2D eigenvalue weighted by atomic mass is 28.4. The van der Waals surface area contributed by atoms with Gasteiger partial charge >= 0.3 is 0 Å². The molecule has 0 fully saturated rings. The molecular weight excluding hydrogens is 284 g/mol. The van der Waals surface area contributed by atoms with Crippen LogP contribution < -0.4 is 10.6 Å². The third kappa shape index (κ3) is 7.24. The summed E-state index contributed by atoms with van der Waals surface area (Å²) in [7, 11) is -1.80. The van der Waals surface area contributed by atoms with Gasteiger partial charge in [-0.2, -0.15) is 0 Å². The van der Waals surface area contributed by atoms with Crippen LogP contribution in [0.3, 0.4) is 0 Å². The number of rotatable bonds is 11. The first kappa shape index (κ1) is 19.6. The first-order valence-electron chi connectivity index (χ1n) is 7.45. The van der Waals surface area contributed by atoms with E-state index in [0.717, 1.165) is 18.1 Å². The van der Waals surface area contributed by atoms with Crippen LogP contribution in [0.2, 0.25) is 18.1 Å². The van der Waals surface area contributed by atoms with Gasteiger partial charge in [0.2, 0.25) is 11.8 Å². The van der Waals surface area contributed by atoms with Crippen LogP contribution in [0.5, 0.6) is 0 Å². The molecule has 0 aliphatic rings. The number of hydrogen-bond donors (Lipinski definition) is 2. The molecule has 0 aromatic carbocycles. The second kappa shape index (κ2) is 10.3. The lowest BCUT2D eigenvalue weighted by molar-refractivity contribution is -0.116. The number of amides is 2. The van der Waals surface area contributed by atoms with E-state index in [4.69, 9.17) is 4.43 Å². The summed E-state index contributed by atoms with van der Waals surface area (Å²) in [5, 5.41) is 5.46. The van der Waals surface area contributed by atoms with Gasteiger partial charge in [-0.1, -0.05) is 33.9 Å². The van der Waals surface area contributed by atoms with Crippen molar-refractivity contribution in [3.05, 3.63) is 25.3 Å². The Bertz CT molecular complexity index is 336. The molecule has 0 aromatic heterocycles. The molecule has 2 N–H and O–H groups in total. The predicted molar refractivity (Wildman–Crippen MR) is 88.5 cm³/mol. The SMILES string of the molecule is C=CC(=O)NCC(CNC(=O)C=C)O[Si](CC)(CC)CC. The van der Waals surface area contributed by atoms with Gasteiger partial charge in [-0.3, -0.25) is 9.59 Å².